The zero-order valence-corrected chi connectivity index (χ0v) is 26.8. The SMILES string of the molecule is CCOc1cc(/C=C2\SC(=Nc3ccc(Cl)cc3)N(CC(C)C)C2=O)cc(I)c1OCc1ccc(Cl)cc1Cl. The normalized spacial score (nSPS) is 15.6. The van der Waals surface area contributed by atoms with Gasteiger partial charge in [0.1, 0.15) is 6.61 Å². The number of nitrogens with zero attached hydrogens (tertiary/aromatic N) is 2. The van der Waals surface area contributed by atoms with E-state index in [0.29, 0.717) is 49.8 Å². The zero-order valence-electron chi connectivity index (χ0n) is 21.5. The zero-order chi connectivity index (χ0) is 28.1. The minimum Gasteiger partial charge on any atom is -0.490 e. The van der Waals surface area contributed by atoms with E-state index in [2.05, 4.69) is 36.4 Å². The van der Waals surface area contributed by atoms with Crippen molar-refractivity contribution in [2.45, 2.75) is 27.4 Å². The van der Waals surface area contributed by atoms with E-state index in [0.717, 1.165) is 20.4 Å². The molecule has 0 radical (unpaired) electrons. The molecule has 0 saturated carbocycles. The molecule has 0 N–H and O–H groups in total. The largest absolute Gasteiger partial charge is 0.490 e. The van der Waals surface area contributed by atoms with Gasteiger partial charge in [0.05, 0.1) is 20.8 Å². The van der Waals surface area contributed by atoms with Crippen LogP contribution in [0.5, 0.6) is 11.5 Å². The van der Waals surface area contributed by atoms with Crippen LogP contribution in [0, 0.1) is 9.49 Å². The molecular weight excluding hydrogens is 690 g/mol. The van der Waals surface area contributed by atoms with E-state index in [1.54, 1.807) is 29.2 Å². The molecule has 0 unspecified atom stereocenters. The van der Waals surface area contributed by atoms with Crippen LogP contribution < -0.4 is 9.47 Å². The molecule has 1 fully saturated rings. The van der Waals surface area contributed by atoms with E-state index >= 15 is 0 Å². The maximum Gasteiger partial charge on any atom is 0.266 e. The number of amidine groups is 1. The molecule has 1 amide bonds. The highest BCUT2D eigenvalue weighted by Gasteiger charge is 2.34. The number of carbonyl (C=O) groups is 1. The molecule has 0 bridgehead atoms. The number of thioether (sulfide) groups is 1. The molecule has 0 atom stereocenters. The predicted octanol–water partition coefficient (Wildman–Crippen LogP) is 9.49. The average Bonchev–Trinajstić information content (AvgIpc) is 3.14. The summed E-state index contributed by atoms with van der Waals surface area (Å²) >= 11 is 21.9. The summed E-state index contributed by atoms with van der Waals surface area (Å²) in [4.78, 5) is 20.5. The van der Waals surface area contributed by atoms with Crippen LogP contribution in [0.3, 0.4) is 0 Å². The lowest BCUT2D eigenvalue weighted by Crippen LogP contribution is -2.32. The Labute approximate surface area is 261 Å². The van der Waals surface area contributed by atoms with Crippen LogP contribution in [0.2, 0.25) is 15.1 Å². The molecule has 0 spiro atoms. The molecule has 4 rings (SSSR count). The fourth-order valence-electron chi connectivity index (χ4n) is 3.76. The van der Waals surface area contributed by atoms with Crippen LogP contribution in [-0.4, -0.2) is 29.1 Å². The van der Waals surface area contributed by atoms with Crippen LogP contribution in [0.4, 0.5) is 5.69 Å². The molecule has 3 aromatic carbocycles. The van der Waals surface area contributed by atoms with Gasteiger partial charge in [-0.3, -0.25) is 9.69 Å². The first-order valence-corrected chi connectivity index (χ1v) is 15.3. The Balaban J connectivity index is 1.63. The Hall–Kier alpha value is -1.91. The second kappa shape index (κ2) is 13.6. The lowest BCUT2D eigenvalue weighted by Gasteiger charge is -2.17. The molecule has 1 aliphatic rings. The van der Waals surface area contributed by atoms with Gasteiger partial charge in [-0.15, -0.1) is 0 Å². The number of hydrogen-bond acceptors (Lipinski definition) is 5. The number of rotatable bonds is 9. The predicted molar refractivity (Wildman–Crippen MR) is 172 cm³/mol. The van der Waals surface area contributed by atoms with Gasteiger partial charge in [0.15, 0.2) is 16.7 Å². The standard InChI is InChI=1S/C29H26Cl3IN2O3S/c1-4-37-25-12-18(11-24(33)27(25)38-16-19-5-6-21(31)14-23(19)32)13-26-28(36)35(15-17(2)3)29(39-26)34-22-9-7-20(30)8-10-22/h5-14,17H,4,15-16H2,1-3H3/b26-13-,34-29?. The molecule has 3 aromatic rings. The summed E-state index contributed by atoms with van der Waals surface area (Å²) < 4.78 is 12.9. The molecule has 0 aromatic heterocycles. The molecule has 204 valence electrons. The first-order valence-electron chi connectivity index (χ1n) is 12.2. The average molecular weight is 716 g/mol. The highest BCUT2D eigenvalue weighted by molar-refractivity contribution is 14.1. The van der Waals surface area contributed by atoms with Crippen LogP contribution in [0.1, 0.15) is 31.9 Å². The van der Waals surface area contributed by atoms with E-state index < -0.39 is 0 Å². The van der Waals surface area contributed by atoms with Crippen molar-refractivity contribution in [3.63, 3.8) is 0 Å². The quantitative estimate of drug-likeness (QED) is 0.164. The topological polar surface area (TPSA) is 51.1 Å². The number of halogens is 4. The molecule has 10 heteroatoms. The van der Waals surface area contributed by atoms with Gasteiger partial charge in [-0.05, 0) is 107 Å². The first-order chi connectivity index (χ1) is 18.6. The summed E-state index contributed by atoms with van der Waals surface area (Å²) in [6.07, 6.45) is 1.87. The Bertz CT molecular complexity index is 1430. The Morgan fingerprint density at radius 1 is 1.03 bits per heavy atom. The monoisotopic (exact) mass is 714 g/mol. The Morgan fingerprint density at radius 3 is 2.41 bits per heavy atom. The van der Waals surface area contributed by atoms with Gasteiger partial charge in [-0.25, -0.2) is 4.99 Å². The van der Waals surface area contributed by atoms with Gasteiger partial charge < -0.3 is 9.47 Å². The van der Waals surface area contributed by atoms with Crippen LogP contribution in [-0.2, 0) is 11.4 Å². The smallest absolute Gasteiger partial charge is 0.266 e. The minimum atomic E-state index is -0.0768. The number of benzene rings is 3. The van der Waals surface area contributed by atoms with E-state index in [9.17, 15) is 4.79 Å². The van der Waals surface area contributed by atoms with Crippen molar-refractivity contribution in [3.8, 4) is 11.5 Å². The van der Waals surface area contributed by atoms with Crippen molar-refractivity contribution in [1.82, 2.24) is 4.90 Å². The molecule has 5 nitrogen and oxygen atoms in total. The third-order valence-corrected chi connectivity index (χ3v) is 8.15. The maximum absolute atomic E-state index is 13.4. The van der Waals surface area contributed by atoms with Crippen molar-refractivity contribution < 1.29 is 14.3 Å². The molecular formula is C29H26Cl3IN2O3S. The number of aliphatic imine (C=N–C) groups is 1. The van der Waals surface area contributed by atoms with Gasteiger partial charge in [0.2, 0.25) is 0 Å². The van der Waals surface area contributed by atoms with Gasteiger partial charge in [0.25, 0.3) is 5.91 Å². The van der Waals surface area contributed by atoms with E-state index in [1.165, 1.54) is 11.8 Å². The number of amides is 1. The lowest BCUT2D eigenvalue weighted by molar-refractivity contribution is -0.122. The van der Waals surface area contributed by atoms with Crippen LogP contribution in [0.25, 0.3) is 6.08 Å². The molecule has 1 heterocycles. The number of ether oxygens (including phenoxy) is 2. The summed E-state index contributed by atoms with van der Waals surface area (Å²) in [6.45, 7) is 7.35. The Morgan fingerprint density at radius 2 is 1.74 bits per heavy atom. The molecule has 39 heavy (non-hydrogen) atoms. The highest BCUT2D eigenvalue weighted by atomic mass is 127. The van der Waals surface area contributed by atoms with E-state index in [-0.39, 0.29) is 18.4 Å². The highest BCUT2D eigenvalue weighted by Crippen LogP contribution is 2.39. The minimum absolute atomic E-state index is 0.0768. The maximum atomic E-state index is 13.4. The first kappa shape index (κ1) is 30.1. The van der Waals surface area contributed by atoms with Crippen molar-refractivity contribution in [2.24, 2.45) is 10.9 Å². The van der Waals surface area contributed by atoms with Gasteiger partial charge in [-0.2, -0.15) is 0 Å². The number of hydrogen-bond donors (Lipinski definition) is 0. The van der Waals surface area contributed by atoms with Crippen molar-refractivity contribution in [3.05, 3.63) is 89.3 Å². The second-order valence-corrected chi connectivity index (χ2v) is 12.5. The Kier molecular flexibility index (Phi) is 10.5. The van der Waals surface area contributed by atoms with Gasteiger partial charge in [0, 0.05) is 27.2 Å². The summed E-state index contributed by atoms with van der Waals surface area (Å²) in [5.74, 6) is 1.40. The van der Waals surface area contributed by atoms with Crippen molar-refractivity contribution in [2.75, 3.05) is 13.2 Å². The van der Waals surface area contributed by atoms with Crippen LogP contribution >= 0.6 is 69.2 Å². The number of carbonyl (C=O) groups excluding carboxylic acids is 1. The summed E-state index contributed by atoms with van der Waals surface area (Å²) in [5, 5.41) is 2.38. The van der Waals surface area contributed by atoms with E-state index in [4.69, 9.17) is 49.3 Å². The molecule has 0 aliphatic carbocycles. The molecule has 1 saturated heterocycles. The van der Waals surface area contributed by atoms with Crippen LogP contribution in [0.15, 0.2) is 64.5 Å². The third-order valence-electron chi connectivity index (χ3n) is 5.50. The fraction of sp³-hybridized carbons (Fsp3) is 0.241. The second-order valence-electron chi connectivity index (χ2n) is 9.08. The third kappa shape index (κ3) is 7.85. The molecule has 1 aliphatic heterocycles. The lowest BCUT2D eigenvalue weighted by atomic mass is 10.1. The van der Waals surface area contributed by atoms with Gasteiger partial charge >= 0.3 is 0 Å². The van der Waals surface area contributed by atoms with Gasteiger partial charge in [-0.1, -0.05) is 54.7 Å². The van der Waals surface area contributed by atoms with Crippen molar-refractivity contribution >= 4 is 92.0 Å². The summed E-state index contributed by atoms with van der Waals surface area (Å²) in [5.41, 5.74) is 2.38. The summed E-state index contributed by atoms with van der Waals surface area (Å²) in [6, 6.07) is 16.4. The summed E-state index contributed by atoms with van der Waals surface area (Å²) in [7, 11) is 0. The fourth-order valence-corrected chi connectivity index (χ4v) is 6.14. The van der Waals surface area contributed by atoms with Crippen molar-refractivity contribution in [1.29, 1.82) is 0 Å². The van der Waals surface area contributed by atoms with E-state index in [1.807, 2.05) is 43.3 Å².